The van der Waals surface area contributed by atoms with Crippen molar-refractivity contribution >= 4 is 23.4 Å². The molecule has 2 aromatic carbocycles. The second kappa shape index (κ2) is 7.95. The van der Waals surface area contributed by atoms with Crippen LogP contribution in [0.5, 0.6) is 5.75 Å². The van der Waals surface area contributed by atoms with Gasteiger partial charge >= 0.3 is 6.09 Å². The second-order valence-corrected chi connectivity index (χ2v) is 5.24. The van der Waals surface area contributed by atoms with E-state index in [9.17, 15) is 4.79 Å². The fourth-order valence-corrected chi connectivity index (χ4v) is 2.03. The normalized spacial score (nSPS) is 9.64. The minimum absolute atomic E-state index is 0.175. The smallest absolute Gasteiger partial charge is 0.410 e. The van der Waals surface area contributed by atoms with Crippen LogP contribution in [-0.4, -0.2) is 16.1 Å². The van der Waals surface area contributed by atoms with E-state index >= 15 is 0 Å². The topological polar surface area (TPSA) is 64.1 Å². The number of aromatic nitrogens is 2. The molecule has 25 heavy (non-hydrogen) atoms. The van der Waals surface area contributed by atoms with E-state index in [-0.39, 0.29) is 5.28 Å². The molecular weight excluding hydrogens is 338 g/mol. The molecule has 0 saturated carbocycles. The number of para-hydroxylation sites is 1. The lowest BCUT2D eigenvalue weighted by Gasteiger charge is -2.06. The quantitative estimate of drug-likeness (QED) is 0.558. The molecule has 1 heterocycles. The van der Waals surface area contributed by atoms with Crippen LogP contribution in [0.1, 0.15) is 11.1 Å². The molecule has 6 heteroatoms. The Hall–Kier alpha value is -3.36. The molecule has 0 atom stereocenters. The van der Waals surface area contributed by atoms with Crippen molar-refractivity contribution in [3.63, 3.8) is 0 Å². The van der Waals surface area contributed by atoms with E-state index in [1.54, 1.807) is 54.9 Å². The SMILES string of the molecule is O=C(Nc1cccc(C#Cc2cnc(Cl)nc2)c1)Oc1ccccc1. The van der Waals surface area contributed by atoms with Crippen LogP contribution in [0.4, 0.5) is 10.5 Å². The van der Waals surface area contributed by atoms with Gasteiger partial charge in [-0.2, -0.15) is 0 Å². The number of ether oxygens (including phenoxy) is 1. The highest BCUT2D eigenvalue weighted by Gasteiger charge is 2.04. The van der Waals surface area contributed by atoms with Crippen LogP contribution in [0, 0.1) is 11.8 Å². The van der Waals surface area contributed by atoms with E-state index in [0.717, 1.165) is 5.56 Å². The maximum Gasteiger partial charge on any atom is 0.417 e. The fourth-order valence-electron chi connectivity index (χ4n) is 1.93. The van der Waals surface area contributed by atoms with Gasteiger partial charge in [0.2, 0.25) is 5.28 Å². The number of nitrogens with one attached hydrogen (secondary N) is 1. The van der Waals surface area contributed by atoms with Crippen molar-refractivity contribution in [2.75, 3.05) is 5.32 Å². The van der Waals surface area contributed by atoms with Crippen LogP contribution in [0.3, 0.4) is 0 Å². The number of nitrogens with zero attached hydrogens (tertiary/aromatic N) is 2. The number of rotatable bonds is 2. The molecule has 0 saturated heterocycles. The lowest BCUT2D eigenvalue weighted by Crippen LogP contribution is -2.16. The van der Waals surface area contributed by atoms with Crippen molar-refractivity contribution in [1.29, 1.82) is 0 Å². The average Bonchev–Trinajstić information content (AvgIpc) is 2.62. The van der Waals surface area contributed by atoms with E-state index < -0.39 is 6.09 Å². The van der Waals surface area contributed by atoms with Gasteiger partial charge in [0.1, 0.15) is 5.75 Å². The van der Waals surface area contributed by atoms with Crippen molar-refractivity contribution in [2.24, 2.45) is 0 Å². The molecule has 3 aromatic rings. The van der Waals surface area contributed by atoms with Crippen molar-refractivity contribution in [2.45, 2.75) is 0 Å². The maximum atomic E-state index is 11.9. The third-order valence-electron chi connectivity index (χ3n) is 3.03. The van der Waals surface area contributed by atoms with Crippen LogP contribution in [0.25, 0.3) is 0 Å². The number of carbonyl (C=O) groups is 1. The van der Waals surface area contributed by atoms with Crippen molar-refractivity contribution in [3.8, 4) is 17.6 Å². The Morgan fingerprint density at radius 2 is 1.68 bits per heavy atom. The Morgan fingerprint density at radius 3 is 2.44 bits per heavy atom. The Labute approximate surface area is 149 Å². The largest absolute Gasteiger partial charge is 0.417 e. The van der Waals surface area contributed by atoms with Crippen molar-refractivity contribution in [1.82, 2.24) is 9.97 Å². The molecule has 0 aliphatic heterocycles. The molecule has 3 rings (SSSR count). The molecule has 1 N–H and O–H groups in total. The monoisotopic (exact) mass is 349 g/mol. The summed E-state index contributed by atoms with van der Waals surface area (Å²) in [6.07, 6.45) is 2.52. The highest BCUT2D eigenvalue weighted by Crippen LogP contribution is 2.13. The molecule has 0 fully saturated rings. The van der Waals surface area contributed by atoms with Gasteiger partial charge in [-0.05, 0) is 41.9 Å². The fraction of sp³-hybridized carbons (Fsp3) is 0. The van der Waals surface area contributed by atoms with E-state index in [1.807, 2.05) is 12.1 Å². The van der Waals surface area contributed by atoms with Gasteiger partial charge in [-0.25, -0.2) is 14.8 Å². The number of carbonyl (C=O) groups excluding carboxylic acids is 1. The number of hydrogen-bond donors (Lipinski definition) is 1. The van der Waals surface area contributed by atoms with Crippen LogP contribution in [0.15, 0.2) is 67.0 Å². The van der Waals surface area contributed by atoms with Crippen molar-refractivity contribution in [3.05, 3.63) is 83.4 Å². The van der Waals surface area contributed by atoms with Gasteiger partial charge < -0.3 is 4.74 Å². The first-order chi connectivity index (χ1) is 12.2. The average molecular weight is 350 g/mol. The lowest BCUT2D eigenvalue weighted by molar-refractivity contribution is 0.215. The Balaban J connectivity index is 1.67. The third kappa shape index (κ3) is 5.06. The highest BCUT2D eigenvalue weighted by atomic mass is 35.5. The van der Waals surface area contributed by atoms with Gasteiger partial charge in [0.25, 0.3) is 0 Å². The maximum absolute atomic E-state index is 11.9. The van der Waals surface area contributed by atoms with Crippen LogP contribution in [0.2, 0.25) is 5.28 Å². The first-order valence-electron chi connectivity index (χ1n) is 7.32. The molecule has 5 nitrogen and oxygen atoms in total. The summed E-state index contributed by atoms with van der Waals surface area (Å²) < 4.78 is 5.18. The molecule has 1 amide bonds. The summed E-state index contributed by atoms with van der Waals surface area (Å²) in [6.45, 7) is 0. The number of amides is 1. The summed E-state index contributed by atoms with van der Waals surface area (Å²) in [5.74, 6) is 6.38. The predicted octanol–water partition coefficient (Wildman–Crippen LogP) is 4.14. The highest BCUT2D eigenvalue weighted by molar-refractivity contribution is 6.28. The number of anilines is 1. The van der Waals surface area contributed by atoms with E-state index in [2.05, 4.69) is 27.1 Å². The molecule has 0 radical (unpaired) electrons. The summed E-state index contributed by atoms with van der Waals surface area (Å²) in [5.41, 5.74) is 1.96. The molecule has 0 spiro atoms. The Morgan fingerprint density at radius 1 is 0.960 bits per heavy atom. The van der Waals surface area contributed by atoms with Crippen molar-refractivity contribution < 1.29 is 9.53 Å². The van der Waals surface area contributed by atoms with E-state index in [4.69, 9.17) is 16.3 Å². The number of hydrogen-bond acceptors (Lipinski definition) is 4. The van der Waals surface area contributed by atoms with E-state index in [0.29, 0.717) is 17.0 Å². The van der Waals surface area contributed by atoms with Gasteiger partial charge in [-0.15, -0.1) is 0 Å². The zero-order chi connectivity index (χ0) is 17.5. The molecule has 0 bridgehead atoms. The molecular formula is C19H12ClN3O2. The van der Waals surface area contributed by atoms with Gasteiger partial charge in [-0.3, -0.25) is 5.32 Å². The van der Waals surface area contributed by atoms with Gasteiger partial charge in [0.05, 0.1) is 5.56 Å². The molecule has 1 aromatic heterocycles. The van der Waals surface area contributed by atoms with E-state index in [1.165, 1.54) is 0 Å². The molecule has 122 valence electrons. The zero-order valence-corrected chi connectivity index (χ0v) is 13.7. The van der Waals surface area contributed by atoms with Crippen LogP contribution >= 0.6 is 11.6 Å². The van der Waals surface area contributed by atoms with Gasteiger partial charge in [0, 0.05) is 23.6 Å². The Kier molecular flexibility index (Phi) is 5.25. The first-order valence-corrected chi connectivity index (χ1v) is 7.70. The summed E-state index contributed by atoms with van der Waals surface area (Å²) in [6, 6.07) is 16.0. The third-order valence-corrected chi connectivity index (χ3v) is 3.23. The van der Waals surface area contributed by atoms with Gasteiger partial charge in [0.15, 0.2) is 0 Å². The summed E-state index contributed by atoms with van der Waals surface area (Å²) in [5, 5.41) is 2.84. The number of halogens is 1. The van der Waals surface area contributed by atoms with Crippen LogP contribution in [-0.2, 0) is 0 Å². The summed E-state index contributed by atoms with van der Waals surface area (Å²) in [4.78, 5) is 19.6. The second-order valence-electron chi connectivity index (χ2n) is 4.90. The minimum Gasteiger partial charge on any atom is -0.410 e. The standard InChI is InChI=1S/C19H12ClN3O2/c20-18-21-12-15(13-22-18)10-9-14-5-4-6-16(11-14)23-19(24)25-17-7-2-1-3-8-17/h1-8,11-13H,(H,23,24). The first kappa shape index (κ1) is 16.5. The van der Waals surface area contributed by atoms with Gasteiger partial charge in [-0.1, -0.05) is 36.1 Å². The lowest BCUT2D eigenvalue weighted by atomic mass is 10.2. The minimum atomic E-state index is -0.567. The molecule has 0 aliphatic rings. The zero-order valence-electron chi connectivity index (χ0n) is 12.9. The Bertz CT molecular complexity index is 932. The molecule has 0 unspecified atom stereocenters. The predicted molar refractivity (Wildman–Crippen MR) is 95.6 cm³/mol. The summed E-state index contributed by atoms with van der Waals surface area (Å²) >= 11 is 5.63. The molecule has 0 aliphatic carbocycles. The number of benzene rings is 2. The van der Waals surface area contributed by atoms with Crippen LogP contribution < -0.4 is 10.1 Å². The summed E-state index contributed by atoms with van der Waals surface area (Å²) in [7, 11) is 0.